The summed E-state index contributed by atoms with van der Waals surface area (Å²) in [6.45, 7) is 0. The van der Waals surface area contributed by atoms with E-state index in [-0.39, 0.29) is 0 Å². The number of hydrogen-bond acceptors (Lipinski definition) is 2. The highest BCUT2D eigenvalue weighted by atomic mass is 14.8. The highest BCUT2D eigenvalue weighted by molar-refractivity contribution is 5.52. The fourth-order valence-electron chi connectivity index (χ4n) is 1.58. The van der Waals surface area contributed by atoms with Crippen LogP contribution in [0, 0.1) is 11.8 Å². The highest BCUT2D eigenvalue weighted by Crippen LogP contribution is 2.09. The van der Waals surface area contributed by atoms with Crippen molar-refractivity contribution in [3.8, 4) is 11.8 Å². The first kappa shape index (κ1) is 12.1. The van der Waals surface area contributed by atoms with Gasteiger partial charge >= 0.3 is 0 Å². The van der Waals surface area contributed by atoms with E-state index in [9.17, 15) is 0 Å². The third kappa shape index (κ3) is 3.05. The Balaban J connectivity index is 2.14. The summed E-state index contributed by atoms with van der Waals surface area (Å²) in [6, 6.07) is 16.1. The zero-order chi connectivity index (χ0) is 12.8. The van der Waals surface area contributed by atoms with Gasteiger partial charge in [0, 0.05) is 36.6 Å². The van der Waals surface area contributed by atoms with Crippen LogP contribution in [0.1, 0.15) is 11.1 Å². The Bertz CT molecular complexity index is 505. The molecule has 0 amide bonds. The molecular weight excluding hydrogens is 220 g/mol. The molecule has 0 atom stereocenters. The van der Waals surface area contributed by atoms with E-state index in [1.807, 2.05) is 62.6 Å². The Kier molecular flexibility index (Phi) is 3.88. The van der Waals surface area contributed by atoms with Gasteiger partial charge in [-0.25, -0.2) is 0 Å². The zero-order valence-corrected chi connectivity index (χ0v) is 10.6. The van der Waals surface area contributed by atoms with E-state index >= 15 is 0 Å². The molecule has 0 spiro atoms. The van der Waals surface area contributed by atoms with E-state index in [0.29, 0.717) is 0 Å². The normalized spacial score (nSPS) is 9.22. The van der Waals surface area contributed by atoms with Gasteiger partial charge < -0.3 is 10.6 Å². The average molecular weight is 236 g/mol. The van der Waals surface area contributed by atoms with Crippen LogP contribution in [-0.2, 0) is 0 Å². The Morgan fingerprint density at radius 2 is 0.944 bits per heavy atom. The Labute approximate surface area is 108 Å². The maximum atomic E-state index is 3.15. The van der Waals surface area contributed by atoms with Crippen LogP contribution < -0.4 is 10.6 Å². The summed E-state index contributed by atoms with van der Waals surface area (Å²) in [5, 5.41) is 6.17. The lowest BCUT2D eigenvalue weighted by molar-refractivity contribution is 1.50. The zero-order valence-electron chi connectivity index (χ0n) is 10.6. The predicted molar refractivity (Wildman–Crippen MR) is 78.0 cm³/mol. The van der Waals surface area contributed by atoms with Crippen LogP contribution in [0.15, 0.2) is 48.5 Å². The van der Waals surface area contributed by atoms with E-state index in [2.05, 4.69) is 22.5 Å². The third-order valence-corrected chi connectivity index (χ3v) is 2.70. The first-order valence-electron chi connectivity index (χ1n) is 5.89. The van der Waals surface area contributed by atoms with E-state index in [0.717, 1.165) is 22.5 Å². The average Bonchev–Trinajstić information content (AvgIpc) is 2.46. The molecule has 2 N–H and O–H groups in total. The van der Waals surface area contributed by atoms with Crippen LogP contribution in [0.5, 0.6) is 0 Å². The Hall–Kier alpha value is -2.40. The van der Waals surface area contributed by atoms with Gasteiger partial charge in [-0.05, 0) is 48.5 Å². The van der Waals surface area contributed by atoms with Crippen molar-refractivity contribution in [2.75, 3.05) is 24.7 Å². The largest absolute Gasteiger partial charge is 0.388 e. The molecule has 0 saturated carbocycles. The van der Waals surface area contributed by atoms with Gasteiger partial charge in [-0.3, -0.25) is 0 Å². The molecule has 0 aliphatic heterocycles. The molecule has 2 heteroatoms. The standard InChI is InChI=1S/C16H16N2/c1-17-15-9-5-13(6-10-15)3-4-14-7-11-16(18-2)12-8-14/h5-12,17-18H,1-2H3. The van der Waals surface area contributed by atoms with Crippen molar-refractivity contribution in [1.29, 1.82) is 0 Å². The summed E-state index contributed by atoms with van der Waals surface area (Å²) in [4.78, 5) is 0. The Morgan fingerprint density at radius 3 is 1.22 bits per heavy atom. The van der Waals surface area contributed by atoms with Crippen LogP contribution in [-0.4, -0.2) is 14.1 Å². The second-order valence-electron chi connectivity index (χ2n) is 3.90. The molecule has 0 fully saturated rings. The molecule has 2 aromatic rings. The van der Waals surface area contributed by atoms with Gasteiger partial charge in [0.25, 0.3) is 0 Å². The van der Waals surface area contributed by atoms with Crippen molar-refractivity contribution in [3.05, 3.63) is 59.7 Å². The van der Waals surface area contributed by atoms with Crippen molar-refractivity contribution < 1.29 is 0 Å². The molecule has 0 aliphatic carbocycles. The number of hydrogen-bond donors (Lipinski definition) is 2. The summed E-state index contributed by atoms with van der Waals surface area (Å²) in [6.07, 6.45) is 0. The monoisotopic (exact) mass is 236 g/mol. The van der Waals surface area contributed by atoms with Gasteiger partial charge in [0.05, 0.1) is 0 Å². The topological polar surface area (TPSA) is 24.1 Å². The summed E-state index contributed by atoms with van der Waals surface area (Å²) in [7, 11) is 3.81. The molecule has 2 aromatic carbocycles. The van der Waals surface area contributed by atoms with Gasteiger partial charge in [-0.1, -0.05) is 11.8 Å². The van der Waals surface area contributed by atoms with Crippen molar-refractivity contribution in [1.82, 2.24) is 0 Å². The number of rotatable bonds is 2. The summed E-state index contributed by atoms with van der Waals surface area (Å²) in [5.41, 5.74) is 4.23. The summed E-state index contributed by atoms with van der Waals surface area (Å²) in [5.74, 6) is 6.30. The van der Waals surface area contributed by atoms with Crippen LogP contribution in [0.25, 0.3) is 0 Å². The van der Waals surface area contributed by atoms with E-state index < -0.39 is 0 Å². The lowest BCUT2D eigenvalue weighted by Crippen LogP contribution is -1.87. The number of anilines is 2. The minimum atomic E-state index is 1.02. The summed E-state index contributed by atoms with van der Waals surface area (Å²) < 4.78 is 0. The first-order chi connectivity index (χ1) is 8.81. The molecule has 0 radical (unpaired) electrons. The minimum absolute atomic E-state index is 1.02. The highest BCUT2D eigenvalue weighted by Gasteiger charge is 1.90. The molecule has 0 unspecified atom stereocenters. The lowest BCUT2D eigenvalue weighted by Gasteiger charge is -1.99. The molecular formula is C16H16N2. The molecule has 2 nitrogen and oxygen atoms in total. The van der Waals surface area contributed by atoms with Crippen LogP contribution in [0.3, 0.4) is 0 Å². The van der Waals surface area contributed by atoms with E-state index in [4.69, 9.17) is 0 Å². The second-order valence-corrected chi connectivity index (χ2v) is 3.90. The molecule has 0 bridgehead atoms. The van der Waals surface area contributed by atoms with Gasteiger partial charge in [0.2, 0.25) is 0 Å². The van der Waals surface area contributed by atoms with Gasteiger partial charge in [-0.15, -0.1) is 0 Å². The molecule has 0 aliphatic rings. The van der Waals surface area contributed by atoms with Crippen LogP contribution in [0.4, 0.5) is 11.4 Å². The fraction of sp³-hybridized carbons (Fsp3) is 0.125. The van der Waals surface area contributed by atoms with Gasteiger partial charge in [-0.2, -0.15) is 0 Å². The number of nitrogens with one attached hydrogen (secondary N) is 2. The summed E-state index contributed by atoms with van der Waals surface area (Å²) >= 11 is 0. The Morgan fingerprint density at radius 1 is 0.611 bits per heavy atom. The van der Waals surface area contributed by atoms with Crippen molar-refractivity contribution >= 4 is 11.4 Å². The molecule has 18 heavy (non-hydrogen) atoms. The van der Waals surface area contributed by atoms with Crippen molar-refractivity contribution in [3.63, 3.8) is 0 Å². The van der Waals surface area contributed by atoms with E-state index in [1.54, 1.807) is 0 Å². The fourth-order valence-corrected chi connectivity index (χ4v) is 1.58. The molecule has 0 saturated heterocycles. The molecule has 90 valence electrons. The van der Waals surface area contributed by atoms with Crippen LogP contribution >= 0.6 is 0 Å². The predicted octanol–water partition coefficient (Wildman–Crippen LogP) is 3.17. The first-order valence-corrected chi connectivity index (χ1v) is 5.89. The van der Waals surface area contributed by atoms with Crippen LogP contribution in [0.2, 0.25) is 0 Å². The minimum Gasteiger partial charge on any atom is -0.388 e. The maximum Gasteiger partial charge on any atom is 0.0338 e. The molecule has 0 heterocycles. The number of benzene rings is 2. The smallest absolute Gasteiger partial charge is 0.0338 e. The van der Waals surface area contributed by atoms with Gasteiger partial charge in [0.1, 0.15) is 0 Å². The quantitative estimate of drug-likeness (QED) is 0.783. The van der Waals surface area contributed by atoms with E-state index in [1.165, 1.54) is 0 Å². The van der Waals surface area contributed by atoms with Gasteiger partial charge in [0.15, 0.2) is 0 Å². The van der Waals surface area contributed by atoms with Crippen molar-refractivity contribution in [2.45, 2.75) is 0 Å². The maximum absolute atomic E-state index is 3.15. The SMILES string of the molecule is CNc1ccc(C#Cc2ccc(NC)cc2)cc1. The third-order valence-electron chi connectivity index (χ3n) is 2.70. The molecule has 0 aromatic heterocycles. The molecule has 2 rings (SSSR count). The lowest BCUT2D eigenvalue weighted by atomic mass is 10.1. The second kappa shape index (κ2) is 5.79. The van der Waals surface area contributed by atoms with Crippen molar-refractivity contribution in [2.24, 2.45) is 0 Å².